The van der Waals surface area contributed by atoms with E-state index in [9.17, 15) is 22.8 Å². The van der Waals surface area contributed by atoms with Crippen molar-refractivity contribution >= 4 is 28.4 Å². The van der Waals surface area contributed by atoms with Gasteiger partial charge in [0.1, 0.15) is 11.6 Å². The zero-order valence-electron chi connectivity index (χ0n) is 16.5. The van der Waals surface area contributed by atoms with Gasteiger partial charge in [-0.05, 0) is 40.0 Å². The summed E-state index contributed by atoms with van der Waals surface area (Å²) in [4.78, 5) is 40.0. The molecule has 3 fully saturated rings. The van der Waals surface area contributed by atoms with E-state index in [1.165, 1.54) is 9.80 Å². The van der Waals surface area contributed by atoms with Crippen molar-refractivity contribution in [2.45, 2.75) is 63.8 Å². The van der Waals surface area contributed by atoms with Gasteiger partial charge in [0, 0.05) is 25.7 Å². The van der Waals surface area contributed by atoms with E-state index >= 15 is 0 Å². The van der Waals surface area contributed by atoms with Crippen LogP contribution in [0.1, 0.15) is 40.0 Å². The zero-order chi connectivity index (χ0) is 21.6. The minimum Gasteiger partial charge on any atom is -0.444 e. The molecule has 0 aliphatic carbocycles. The van der Waals surface area contributed by atoms with E-state index in [0.29, 0.717) is 37.4 Å². The first kappa shape index (κ1) is 21.6. The van der Waals surface area contributed by atoms with E-state index in [4.69, 9.17) is 9.29 Å². The van der Waals surface area contributed by atoms with Gasteiger partial charge in [0.05, 0.1) is 6.04 Å². The molecule has 0 aromatic rings. The molecule has 0 radical (unpaired) electrons. The lowest BCUT2D eigenvalue weighted by Crippen LogP contribution is -2.52. The van der Waals surface area contributed by atoms with Gasteiger partial charge >= 0.3 is 22.5 Å². The van der Waals surface area contributed by atoms with Gasteiger partial charge in [-0.25, -0.2) is 9.59 Å². The van der Waals surface area contributed by atoms with Gasteiger partial charge in [-0.15, -0.1) is 4.28 Å². The molecular formula is C16H26N4O8S. The molecule has 29 heavy (non-hydrogen) atoms. The molecule has 0 saturated carbocycles. The average molecular weight is 434 g/mol. The van der Waals surface area contributed by atoms with Gasteiger partial charge in [0.25, 0.3) is 0 Å². The molecule has 0 spiro atoms. The smallest absolute Gasteiger partial charge is 0.418 e. The summed E-state index contributed by atoms with van der Waals surface area (Å²) >= 11 is 0. The Morgan fingerprint density at radius 2 is 1.86 bits per heavy atom. The van der Waals surface area contributed by atoms with E-state index in [2.05, 4.69) is 9.60 Å². The number of nitrogens with one attached hydrogen (secondary N) is 1. The maximum absolute atomic E-state index is 12.7. The summed E-state index contributed by atoms with van der Waals surface area (Å²) in [6.45, 7) is 6.21. The summed E-state index contributed by atoms with van der Waals surface area (Å²) < 4.78 is 40.4. The summed E-state index contributed by atoms with van der Waals surface area (Å²) in [5.41, 5.74) is -0.608. The third kappa shape index (κ3) is 5.08. The molecule has 0 unspecified atom stereocenters. The molecule has 3 rings (SSSR count). The highest BCUT2D eigenvalue weighted by atomic mass is 32.3. The van der Waals surface area contributed by atoms with Crippen LogP contribution in [-0.2, 0) is 24.2 Å². The Kier molecular flexibility index (Phi) is 5.66. The fourth-order valence-corrected chi connectivity index (χ4v) is 4.16. The number of fused-ring (bicyclic) bond motifs is 2. The van der Waals surface area contributed by atoms with Crippen molar-refractivity contribution in [1.82, 2.24) is 20.2 Å². The van der Waals surface area contributed by atoms with Crippen molar-refractivity contribution in [2.24, 2.45) is 0 Å². The predicted octanol–water partition coefficient (Wildman–Crippen LogP) is 0.115. The number of carbonyl (C=O) groups is 3. The van der Waals surface area contributed by atoms with E-state index in [1.54, 1.807) is 20.8 Å². The summed E-state index contributed by atoms with van der Waals surface area (Å²) in [5.74, 6) is -0.374. The highest BCUT2D eigenvalue weighted by molar-refractivity contribution is 7.80. The van der Waals surface area contributed by atoms with Crippen molar-refractivity contribution < 1.29 is 36.4 Å². The molecule has 164 valence electrons. The lowest BCUT2D eigenvalue weighted by Gasteiger charge is -2.30. The second-order valence-electron chi connectivity index (χ2n) is 8.43. The molecule has 3 aliphatic heterocycles. The van der Waals surface area contributed by atoms with Crippen LogP contribution in [0.4, 0.5) is 9.59 Å². The van der Waals surface area contributed by atoms with Gasteiger partial charge in [-0.2, -0.15) is 13.5 Å². The molecule has 13 heteroatoms. The van der Waals surface area contributed by atoms with Crippen LogP contribution in [0.3, 0.4) is 0 Å². The lowest BCUT2D eigenvalue weighted by molar-refractivity contribution is -0.126. The number of ether oxygens (including phenoxy) is 1. The van der Waals surface area contributed by atoms with Crippen LogP contribution < -0.4 is 5.32 Å². The molecule has 2 N–H and O–H groups in total. The number of nitrogens with zero attached hydrogens (tertiary/aromatic N) is 3. The number of hydroxylamine groups is 2. The monoisotopic (exact) mass is 434 g/mol. The Hall–Kier alpha value is -2.12. The SMILES string of the molecule is CC(C)(C)OC(=O)N1CC[C@@H](NC(=O)[C@@H]2CC[C@@H]3CN2C(=O)N3OS(=O)(=O)O)C1. The third-order valence-corrected chi connectivity index (χ3v) is 5.34. The Morgan fingerprint density at radius 3 is 2.48 bits per heavy atom. The second kappa shape index (κ2) is 7.61. The molecule has 0 aromatic heterocycles. The minimum absolute atomic E-state index is 0.126. The van der Waals surface area contributed by atoms with Crippen molar-refractivity contribution in [1.29, 1.82) is 0 Å². The number of hydrogen-bond acceptors (Lipinski definition) is 7. The van der Waals surface area contributed by atoms with E-state index in [0.717, 1.165) is 0 Å². The van der Waals surface area contributed by atoms with E-state index in [1.807, 2.05) is 0 Å². The van der Waals surface area contributed by atoms with E-state index < -0.39 is 40.2 Å². The summed E-state index contributed by atoms with van der Waals surface area (Å²) in [7, 11) is -4.83. The van der Waals surface area contributed by atoms with Crippen molar-refractivity contribution in [3.63, 3.8) is 0 Å². The number of amides is 4. The molecule has 0 aromatic carbocycles. The number of piperidine rings is 1. The van der Waals surface area contributed by atoms with Crippen molar-refractivity contribution in [2.75, 3.05) is 19.6 Å². The predicted molar refractivity (Wildman–Crippen MR) is 97.7 cm³/mol. The van der Waals surface area contributed by atoms with Gasteiger partial charge in [-0.3, -0.25) is 9.35 Å². The van der Waals surface area contributed by atoms with Crippen molar-refractivity contribution in [3.8, 4) is 0 Å². The second-order valence-corrected chi connectivity index (χ2v) is 9.44. The first-order valence-electron chi connectivity index (χ1n) is 9.39. The van der Waals surface area contributed by atoms with Gasteiger partial charge < -0.3 is 19.9 Å². The number of urea groups is 1. The standard InChI is InChI=1S/C16H26N4O8S/c1-16(2,3)27-15(23)18-7-6-10(8-18)17-13(21)12-5-4-11-9-19(12)14(22)20(11)28-29(24,25)26/h10-12H,4-9H2,1-3H3,(H,17,21)(H,24,25,26)/t10-,11-,12+/m1/s1. The van der Waals surface area contributed by atoms with Crippen LogP contribution in [-0.4, -0.2) is 89.2 Å². The van der Waals surface area contributed by atoms with Crippen LogP contribution in [0.25, 0.3) is 0 Å². The largest absolute Gasteiger partial charge is 0.444 e. The van der Waals surface area contributed by atoms with Gasteiger partial charge in [0.2, 0.25) is 5.91 Å². The van der Waals surface area contributed by atoms with Gasteiger partial charge in [0.15, 0.2) is 0 Å². The Labute approximate surface area is 169 Å². The molecule has 12 nitrogen and oxygen atoms in total. The fraction of sp³-hybridized carbons (Fsp3) is 0.812. The molecule has 3 atom stereocenters. The maximum atomic E-state index is 12.7. The fourth-order valence-electron chi connectivity index (χ4n) is 3.77. The van der Waals surface area contributed by atoms with Crippen LogP contribution in [0, 0.1) is 0 Å². The molecule has 3 saturated heterocycles. The first-order valence-corrected chi connectivity index (χ1v) is 10.8. The lowest BCUT2D eigenvalue weighted by atomic mass is 10.00. The number of rotatable bonds is 4. The summed E-state index contributed by atoms with van der Waals surface area (Å²) in [5, 5.41) is 3.45. The van der Waals surface area contributed by atoms with Crippen LogP contribution in [0.15, 0.2) is 0 Å². The highest BCUT2D eigenvalue weighted by Crippen LogP contribution is 2.31. The van der Waals surface area contributed by atoms with E-state index in [-0.39, 0.29) is 18.5 Å². The normalized spacial score (nSPS) is 27.4. The maximum Gasteiger partial charge on any atom is 0.418 e. The number of hydrogen-bond donors (Lipinski definition) is 2. The third-order valence-electron chi connectivity index (χ3n) is 4.99. The van der Waals surface area contributed by atoms with Crippen LogP contribution in [0.5, 0.6) is 0 Å². The van der Waals surface area contributed by atoms with Crippen LogP contribution in [0.2, 0.25) is 0 Å². The molecule has 2 bridgehead atoms. The molecule has 4 amide bonds. The minimum atomic E-state index is -4.83. The van der Waals surface area contributed by atoms with Crippen molar-refractivity contribution in [3.05, 3.63) is 0 Å². The topological polar surface area (TPSA) is 146 Å². The highest BCUT2D eigenvalue weighted by Gasteiger charge is 2.49. The first-order chi connectivity index (χ1) is 13.3. The number of carbonyl (C=O) groups excluding carboxylic acids is 3. The quantitative estimate of drug-likeness (QED) is 0.593. The average Bonchev–Trinajstić information content (AvgIpc) is 3.12. The Bertz CT molecular complexity index is 795. The molecule has 3 aliphatic rings. The molecule has 3 heterocycles. The number of likely N-dealkylation sites (tertiary alicyclic amines) is 1. The summed E-state index contributed by atoms with van der Waals surface area (Å²) in [6, 6.07) is -2.38. The Morgan fingerprint density at radius 1 is 1.17 bits per heavy atom. The Balaban J connectivity index is 1.56. The summed E-state index contributed by atoms with van der Waals surface area (Å²) in [6.07, 6.45) is 0.801. The van der Waals surface area contributed by atoms with Crippen LogP contribution >= 0.6 is 0 Å². The van der Waals surface area contributed by atoms with Gasteiger partial charge in [-0.1, -0.05) is 0 Å². The molecular weight excluding hydrogens is 408 g/mol. The zero-order valence-corrected chi connectivity index (χ0v) is 17.3.